The van der Waals surface area contributed by atoms with Gasteiger partial charge in [0.2, 0.25) is 5.82 Å². The molecule has 0 unspecified atom stereocenters. The fourth-order valence-electron chi connectivity index (χ4n) is 3.20. The molecule has 0 saturated carbocycles. The third kappa shape index (κ3) is 3.87. The molecule has 5 aromatic rings. The molecular formula is C22H14F3N5S. The molecule has 0 bridgehead atoms. The summed E-state index contributed by atoms with van der Waals surface area (Å²) in [7, 11) is 0. The van der Waals surface area contributed by atoms with Crippen molar-refractivity contribution in [3.8, 4) is 21.8 Å². The number of H-pyrrole nitrogens is 1. The Bertz CT molecular complexity index is 1340. The van der Waals surface area contributed by atoms with Crippen molar-refractivity contribution in [1.82, 2.24) is 20.2 Å². The molecule has 5 nitrogen and oxygen atoms in total. The number of hydrogen-bond acceptors (Lipinski definition) is 5. The number of benzene rings is 2. The first-order chi connectivity index (χ1) is 15.0. The Balaban J connectivity index is 1.44. The number of rotatable bonds is 4. The SMILES string of the molecule is FC(F)(F)c1nc(-c2cc3c(Nc4ccc(-c5ccccc5)cc4)cncc3s2)n[nH]1. The van der Waals surface area contributed by atoms with E-state index in [0.29, 0.717) is 4.88 Å². The third-order valence-electron chi connectivity index (χ3n) is 4.69. The number of aromatic amines is 1. The number of pyridine rings is 1. The highest BCUT2D eigenvalue weighted by molar-refractivity contribution is 7.22. The van der Waals surface area contributed by atoms with E-state index in [4.69, 9.17) is 0 Å². The zero-order valence-electron chi connectivity index (χ0n) is 15.8. The van der Waals surface area contributed by atoms with E-state index < -0.39 is 12.0 Å². The topological polar surface area (TPSA) is 66.5 Å². The van der Waals surface area contributed by atoms with Crippen molar-refractivity contribution in [3.05, 3.63) is 78.9 Å². The van der Waals surface area contributed by atoms with Crippen molar-refractivity contribution in [3.63, 3.8) is 0 Å². The highest BCUT2D eigenvalue weighted by Gasteiger charge is 2.35. The Hall–Kier alpha value is -3.72. The maximum Gasteiger partial charge on any atom is 0.451 e. The fourth-order valence-corrected chi connectivity index (χ4v) is 4.19. The average molecular weight is 437 g/mol. The number of anilines is 2. The van der Waals surface area contributed by atoms with Gasteiger partial charge in [-0.3, -0.25) is 10.1 Å². The highest BCUT2D eigenvalue weighted by Crippen LogP contribution is 2.37. The lowest BCUT2D eigenvalue weighted by molar-refractivity contribution is -0.144. The number of thiophene rings is 1. The number of nitrogens with zero attached hydrogens (tertiary/aromatic N) is 3. The lowest BCUT2D eigenvalue weighted by Gasteiger charge is -2.08. The summed E-state index contributed by atoms with van der Waals surface area (Å²) in [6.45, 7) is 0. The lowest BCUT2D eigenvalue weighted by atomic mass is 10.1. The van der Waals surface area contributed by atoms with Gasteiger partial charge in [-0.2, -0.15) is 18.3 Å². The zero-order valence-corrected chi connectivity index (χ0v) is 16.6. The number of aromatic nitrogens is 4. The molecule has 0 aliphatic rings. The van der Waals surface area contributed by atoms with E-state index in [1.54, 1.807) is 18.5 Å². The van der Waals surface area contributed by atoms with E-state index in [9.17, 15) is 13.2 Å². The predicted octanol–water partition coefficient (Wildman–Crippen LogP) is 6.51. The number of alkyl halides is 3. The van der Waals surface area contributed by atoms with E-state index in [2.05, 4.69) is 20.4 Å². The van der Waals surface area contributed by atoms with Crippen LogP contribution in [0.5, 0.6) is 0 Å². The van der Waals surface area contributed by atoms with Crippen LogP contribution >= 0.6 is 11.3 Å². The summed E-state index contributed by atoms with van der Waals surface area (Å²) in [5.74, 6) is -1.11. The second-order valence-electron chi connectivity index (χ2n) is 6.78. The summed E-state index contributed by atoms with van der Waals surface area (Å²) in [4.78, 5) is 8.35. The van der Waals surface area contributed by atoms with Crippen LogP contribution in [0.2, 0.25) is 0 Å². The molecule has 31 heavy (non-hydrogen) atoms. The Kier molecular flexibility index (Phi) is 4.67. The molecule has 0 spiro atoms. The standard InChI is InChI=1S/C22H14F3N5S/c23-22(24,25)21-28-20(29-30-21)18-10-16-17(11-26-12-19(16)31-18)27-15-8-6-14(7-9-15)13-4-2-1-3-5-13/h1-12,27H,(H,28,29,30). The minimum Gasteiger partial charge on any atom is -0.354 e. The van der Waals surface area contributed by atoms with E-state index in [1.165, 1.54) is 11.3 Å². The van der Waals surface area contributed by atoms with Gasteiger partial charge in [0.15, 0.2) is 5.82 Å². The monoisotopic (exact) mass is 437 g/mol. The first-order valence-electron chi connectivity index (χ1n) is 9.27. The van der Waals surface area contributed by atoms with Gasteiger partial charge < -0.3 is 5.32 Å². The van der Waals surface area contributed by atoms with E-state index >= 15 is 0 Å². The van der Waals surface area contributed by atoms with Crippen molar-refractivity contribution >= 4 is 32.8 Å². The Morgan fingerprint density at radius 2 is 1.65 bits per heavy atom. The zero-order chi connectivity index (χ0) is 21.4. The number of nitrogens with one attached hydrogen (secondary N) is 2. The van der Waals surface area contributed by atoms with Crippen LogP contribution in [-0.4, -0.2) is 20.2 Å². The van der Waals surface area contributed by atoms with Crippen molar-refractivity contribution in [2.75, 3.05) is 5.32 Å². The van der Waals surface area contributed by atoms with Crippen LogP contribution < -0.4 is 5.32 Å². The first-order valence-corrected chi connectivity index (χ1v) is 10.1. The molecule has 154 valence electrons. The number of fused-ring (bicyclic) bond motifs is 1. The predicted molar refractivity (Wildman–Crippen MR) is 115 cm³/mol. The summed E-state index contributed by atoms with van der Waals surface area (Å²) >= 11 is 1.28. The van der Waals surface area contributed by atoms with E-state index in [0.717, 1.165) is 32.6 Å². The number of hydrogen-bond donors (Lipinski definition) is 2. The van der Waals surface area contributed by atoms with Crippen LogP contribution in [0.3, 0.4) is 0 Å². The Morgan fingerprint density at radius 1 is 0.903 bits per heavy atom. The molecule has 9 heteroatoms. The molecule has 0 aliphatic carbocycles. The Morgan fingerprint density at radius 3 is 2.35 bits per heavy atom. The summed E-state index contributed by atoms with van der Waals surface area (Å²) in [6, 6.07) is 19.8. The molecule has 0 aliphatic heterocycles. The van der Waals surface area contributed by atoms with Gasteiger partial charge >= 0.3 is 6.18 Å². The van der Waals surface area contributed by atoms with Gasteiger partial charge in [-0.15, -0.1) is 11.3 Å². The summed E-state index contributed by atoms with van der Waals surface area (Å²) in [6.07, 6.45) is -1.21. The molecule has 2 N–H and O–H groups in total. The van der Waals surface area contributed by atoms with Crippen molar-refractivity contribution in [2.24, 2.45) is 0 Å². The van der Waals surface area contributed by atoms with Crippen molar-refractivity contribution in [1.29, 1.82) is 0 Å². The van der Waals surface area contributed by atoms with Crippen LogP contribution in [0.25, 0.3) is 31.9 Å². The normalized spacial score (nSPS) is 11.7. The molecule has 0 atom stereocenters. The average Bonchev–Trinajstić information content (AvgIpc) is 3.43. The largest absolute Gasteiger partial charge is 0.451 e. The van der Waals surface area contributed by atoms with E-state index in [-0.39, 0.29) is 5.82 Å². The van der Waals surface area contributed by atoms with Gasteiger partial charge in [0.05, 0.1) is 21.5 Å². The maximum absolute atomic E-state index is 12.8. The molecular weight excluding hydrogens is 423 g/mol. The maximum atomic E-state index is 12.8. The van der Waals surface area contributed by atoms with Gasteiger partial charge in [-0.1, -0.05) is 42.5 Å². The molecule has 0 radical (unpaired) electrons. The van der Waals surface area contributed by atoms with Crippen molar-refractivity contribution < 1.29 is 13.2 Å². The van der Waals surface area contributed by atoms with Crippen LogP contribution in [0.15, 0.2) is 73.1 Å². The summed E-state index contributed by atoms with van der Waals surface area (Å²) < 4.78 is 39.3. The molecule has 3 aromatic heterocycles. The highest BCUT2D eigenvalue weighted by atomic mass is 32.1. The second kappa shape index (κ2) is 7.51. The minimum absolute atomic E-state index is 0.00619. The van der Waals surface area contributed by atoms with Gasteiger partial charge in [0.25, 0.3) is 0 Å². The summed E-state index contributed by atoms with van der Waals surface area (Å²) in [5, 5.41) is 9.83. The number of halogens is 3. The first kappa shape index (κ1) is 19.3. The molecule has 0 fully saturated rings. The van der Waals surface area contributed by atoms with E-state index in [1.807, 2.05) is 59.7 Å². The van der Waals surface area contributed by atoms with Crippen molar-refractivity contribution in [2.45, 2.75) is 6.18 Å². The molecule has 5 rings (SSSR count). The van der Waals surface area contributed by atoms with Gasteiger partial charge in [-0.05, 0) is 29.3 Å². The lowest BCUT2D eigenvalue weighted by Crippen LogP contribution is -2.07. The van der Waals surface area contributed by atoms with Crippen LogP contribution in [0.1, 0.15) is 5.82 Å². The van der Waals surface area contributed by atoms with Crippen LogP contribution in [-0.2, 0) is 6.18 Å². The molecule has 0 saturated heterocycles. The van der Waals surface area contributed by atoms with Gasteiger partial charge in [0.1, 0.15) is 0 Å². The second-order valence-corrected chi connectivity index (χ2v) is 7.87. The third-order valence-corrected chi connectivity index (χ3v) is 5.76. The van der Waals surface area contributed by atoms with Crippen LogP contribution in [0.4, 0.5) is 24.5 Å². The smallest absolute Gasteiger partial charge is 0.354 e. The fraction of sp³-hybridized carbons (Fsp3) is 0.0455. The van der Waals surface area contributed by atoms with Gasteiger partial charge in [-0.25, -0.2) is 4.98 Å². The van der Waals surface area contributed by atoms with Gasteiger partial charge in [0, 0.05) is 17.3 Å². The molecule has 3 heterocycles. The van der Waals surface area contributed by atoms with Crippen LogP contribution in [0, 0.1) is 0 Å². The summed E-state index contributed by atoms with van der Waals surface area (Å²) in [5.41, 5.74) is 3.86. The molecule has 2 aromatic carbocycles. The minimum atomic E-state index is -4.57. The molecule has 0 amide bonds. The quantitative estimate of drug-likeness (QED) is 0.336. The Labute approximate surface area is 178 Å².